The lowest BCUT2D eigenvalue weighted by molar-refractivity contribution is -0.137. The van der Waals surface area contributed by atoms with Crippen LogP contribution in [0.3, 0.4) is 0 Å². The predicted molar refractivity (Wildman–Crippen MR) is 98.1 cm³/mol. The van der Waals surface area contributed by atoms with E-state index in [1.165, 1.54) is 24.3 Å². The first-order chi connectivity index (χ1) is 13.9. The van der Waals surface area contributed by atoms with Gasteiger partial charge in [-0.3, -0.25) is 4.79 Å². The summed E-state index contributed by atoms with van der Waals surface area (Å²) in [4.78, 5) is 18.5. The molecule has 0 aliphatic carbocycles. The molecule has 0 bridgehead atoms. The standard InChI is InChI=1S/C20H20F3N3O3/c1-28-11-9-26(19(27)17-6-3-10-29-17)14-18-24-7-8-25(18)13-15-4-2-5-16(12-15)20(21,22)23/h2-8,10,12H,9,11,13-14H2,1H3. The molecule has 29 heavy (non-hydrogen) atoms. The number of halogens is 3. The number of rotatable bonds is 8. The fraction of sp³-hybridized carbons (Fsp3) is 0.300. The van der Waals surface area contributed by atoms with Gasteiger partial charge in [-0.25, -0.2) is 4.98 Å². The van der Waals surface area contributed by atoms with E-state index in [0.717, 1.165) is 12.1 Å². The summed E-state index contributed by atoms with van der Waals surface area (Å²) >= 11 is 0. The second-order valence-corrected chi connectivity index (χ2v) is 6.37. The lowest BCUT2D eigenvalue weighted by atomic mass is 10.1. The Hall–Kier alpha value is -3.07. The molecule has 2 aromatic heterocycles. The number of carbonyl (C=O) groups is 1. The van der Waals surface area contributed by atoms with E-state index in [2.05, 4.69) is 4.98 Å². The number of benzene rings is 1. The largest absolute Gasteiger partial charge is 0.459 e. The number of methoxy groups -OCH3 is 1. The molecule has 6 nitrogen and oxygen atoms in total. The molecule has 0 saturated carbocycles. The van der Waals surface area contributed by atoms with E-state index >= 15 is 0 Å². The van der Waals surface area contributed by atoms with Crippen LogP contribution in [0.5, 0.6) is 0 Å². The van der Waals surface area contributed by atoms with E-state index in [0.29, 0.717) is 24.5 Å². The van der Waals surface area contributed by atoms with Crippen LogP contribution in [0.15, 0.2) is 59.5 Å². The van der Waals surface area contributed by atoms with Crippen molar-refractivity contribution in [3.05, 3.63) is 77.8 Å². The summed E-state index contributed by atoms with van der Waals surface area (Å²) in [5.74, 6) is 0.413. The molecule has 0 aliphatic rings. The first kappa shape index (κ1) is 20.7. The van der Waals surface area contributed by atoms with Gasteiger partial charge in [-0.1, -0.05) is 12.1 Å². The molecule has 0 fully saturated rings. The SMILES string of the molecule is COCCN(Cc1nccn1Cc1cccc(C(F)(F)F)c1)C(=O)c1ccco1. The van der Waals surface area contributed by atoms with Crippen LogP contribution in [0.4, 0.5) is 13.2 Å². The number of hydrogen-bond donors (Lipinski definition) is 0. The molecule has 0 spiro atoms. The molecular formula is C20H20F3N3O3. The molecule has 0 radical (unpaired) electrons. The summed E-state index contributed by atoms with van der Waals surface area (Å²) < 4.78 is 50.8. The van der Waals surface area contributed by atoms with Crippen LogP contribution in [0.25, 0.3) is 0 Å². The van der Waals surface area contributed by atoms with E-state index < -0.39 is 11.7 Å². The van der Waals surface area contributed by atoms with Gasteiger partial charge in [0.15, 0.2) is 5.76 Å². The Morgan fingerprint density at radius 1 is 1.28 bits per heavy atom. The smallest absolute Gasteiger partial charge is 0.416 e. The third-order valence-electron chi connectivity index (χ3n) is 4.33. The number of imidazole rings is 1. The molecule has 3 rings (SSSR count). The average Bonchev–Trinajstić information content (AvgIpc) is 3.36. The van der Waals surface area contributed by atoms with Gasteiger partial charge in [0.1, 0.15) is 5.82 Å². The molecule has 154 valence electrons. The Morgan fingerprint density at radius 2 is 2.10 bits per heavy atom. The number of nitrogens with zero attached hydrogens (tertiary/aromatic N) is 3. The topological polar surface area (TPSA) is 60.5 Å². The summed E-state index contributed by atoms with van der Waals surface area (Å²) in [5.41, 5.74) is -0.216. The molecule has 2 heterocycles. The average molecular weight is 407 g/mol. The molecule has 3 aromatic rings. The first-order valence-corrected chi connectivity index (χ1v) is 8.86. The van der Waals surface area contributed by atoms with Gasteiger partial charge in [-0.2, -0.15) is 13.2 Å². The van der Waals surface area contributed by atoms with Crippen LogP contribution in [-0.2, 0) is 24.0 Å². The summed E-state index contributed by atoms with van der Waals surface area (Å²) in [7, 11) is 1.53. The Balaban J connectivity index is 1.78. The Labute approximate surface area is 165 Å². The minimum absolute atomic E-state index is 0.162. The van der Waals surface area contributed by atoms with Crippen molar-refractivity contribution < 1.29 is 27.1 Å². The molecule has 0 aliphatic heterocycles. The lowest BCUT2D eigenvalue weighted by Crippen LogP contribution is -2.34. The molecule has 0 N–H and O–H groups in total. The minimum atomic E-state index is -4.40. The number of ether oxygens (including phenoxy) is 1. The van der Waals surface area contributed by atoms with E-state index in [-0.39, 0.29) is 24.8 Å². The third-order valence-corrected chi connectivity index (χ3v) is 4.33. The highest BCUT2D eigenvalue weighted by Gasteiger charge is 2.30. The van der Waals surface area contributed by atoms with Crippen LogP contribution in [-0.4, -0.2) is 40.6 Å². The third kappa shape index (κ3) is 5.26. The summed E-state index contributed by atoms with van der Waals surface area (Å²) in [6.07, 6.45) is 0.229. The summed E-state index contributed by atoms with van der Waals surface area (Å²) in [6.45, 7) is 0.994. The summed E-state index contributed by atoms with van der Waals surface area (Å²) in [6, 6.07) is 8.33. The van der Waals surface area contributed by atoms with Crippen molar-refractivity contribution in [2.75, 3.05) is 20.3 Å². The number of aromatic nitrogens is 2. The Kier molecular flexibility index (Phi) is 6.38. The zero-order chi connectivity index (χ0) is 20.9. The van der Waals surface area contributed by atoms with Gasteiger partial charge in [0.05, 0.1) is 25.0 Å². The van der Waals surface area contributed by atoms with Gasteiger partial charge in [-0.05, 0) is 29.8 Å². The maximum absolute atomic E-state index is 13.0. The summed E-state index contributed by atoms with van der Waals surface area (Å²) in [5, 5.41) is 0. The van der Waals surface area contributed by atoms with Gasteiger partial charge < -0.3 is 18.6 Å². The van der Waals surface area contributed by atoms with Gasteiger partial charge in [0.2, 0.25) is 0 Å². The van der Waals surface area contributed by atoms with Crippen LogP contribution < -0.4 is 0 Å². The van der Waals surface area contributed by atoms with Crippen molar-refractivity contribution in [1.29, 1.82) is 0 Å². The van der Waals surface area contributed by atoms with Gasteiger partial charge in [-0.15, -0.1) is 0 Å². The van der Waals surface area contributed by atoms with E-state index in [1.807, 2.05) is 0 Å². The number of hydrogen-bond acceptors (Lipinski definition) is 4. The number of alkyl halides is 3. The number of carbonyl (C=O) groups excluding carboxylic acids is 1. The van der Waals surface area contributed by atoms with Crippen LogP contribution in [0.2, 0.25) is 0 Å². The molecule has 1 aromatic carbocycles. The van der Waals surface area contributed by atoms with E-state index in [9.17, 15) is 18.0 Å². The van der Waals surface area contributed by atoms with Crippen molar-refractivity contribution in [2.45, 2.75) is 19.3 Å². The molecule has 0 atom stereocenters. The van der Waals surface area contributed by atoms with Crippen molar-refractivity contribution >= 4 is 5.91 Å². The second-order valence-electron chi connectivity index (χ2n) is 6.37. The zero-order valence-electron chi connectivity index (χ0n) is 15.7. The fourth-order valence-corrected chi connectivity index (χ4v) is 2.86. The quantitative estimate of drug-likeness (QED) is 0.569. The molecular weight excluding hydrogens is 387 g/mol. The monoisotopic (exact) mass is 407 g/mol. The maximum atomic E-state index is 13.0. The second kappa shape index (κ2) is 8.95. The Bertz CT molecular complexity index is 936. The lowest BCUT2D eigenvalue weighted by Gasteiger charge is -2.21. The van der Waals surface area contributed by atoms with Crippen molar-refractivity contribution in [1.82, 2.24) is 14.5 Å². The minimum Gasteiger partial charge on any atom is -0.459 e. The molecule has 1 amide bonds. The van der Waals surface area contributed by atoms with Gasteiger partial charge in [0.25, 0.3) is 5.91 Å². The van der Waals surface area contributed by atoms with E-state index in [1.54, 1.807) is 35.2 Å². The van der Waals surface area contributed by atoms with Crippen molar-refractivity contribution in [3.63, 3.8) is 0 Å². The highest BCUT2D eigenvalue weighted by atomic mass is 19.4. The van der Waals surface area contributed by atoms with Crippen LogP contribution in [0, 0.1) is 0 Å². The van der Waals surface area contributed by atoms with Crippen LogP contribution in [0.1, 0.15) is 27.5 Å². The number of furan rings is 1. The number of amides is 1. The highest BCUT2D eigenvalue weighted by Crippen LogP contribution is 2.29. The highest BCUT2D eigenvalue weighted by molar-refractivity contribution is 5.91. The zero-order valence-corrected chi connectivity index (χ0v) is 15.7. The van der Waals surface area contributed by atoms with Crippen molar-refractivity contribution in [3.8, 4) is 0 Å². The maximum Gasteiger partial charge on any atom is 0.416 e. The van der Waals surface area contributed by atoms with Gasteiger partial charge in [0, 0.05) is 32.6 Å². The molecule has 9 heteroatoms. The normalized spacial score (nSPS) is 11.6. The molecule has 0 saturated heterocycles. The van der Waals surface area contributed by atoms with Crippen LogP contribution >= 0.6 is 0 Å². The Morgan fingerprint density at radius 3 is 2.79 bits per heavy atom. The van der Waals surface area contributed by atoms with Crippen molar-refractivity contribution in [2.24, 2.45) is 0 Å². The van der Waals surface area contributed by atoms with E-state index in [4.69, 9.17) is 9.15 Å². The first-order valence-electron chi connectivity index (χ1n) is 8.86. The van der Waals surface area contributed by atoms with Gasteiger partial charge >= 0.3 is 6.18 Å². The molecule has 0 unspecified atom stereocenters. The predicted octanol–water partition coefficient (Wildman–Crippen LogP) is 3.83. The fourth-order valence-electron chi connectivity index (χ4n) is 2.86.